The lowest BCUT2D eigenvalue weighted by atomic mass is 10.1. The van der Waals surface area contributed by atoms with Gasteiger partial charge in [-0.05, 0) is 56.1 Å². The van der Waals surface area contributed by atoms with Crippen molar-refractivity contribution < 1.29 is 14.3 Å². The quantitative estimate of drug-likeness (QED) is 0.611. The largest absolute Gasteiger partial charge is 0.497 e. The molecule has 0 aliphatic rings. The van der Waals surface area contributed by atoms with Gasteiger partial charge in [0.05, 0.1) is 19.7 Å². The van der Waals surface area contributed by atoms with Crippen LogP contribution in [0.25, 0.3) is 0 Å². The normalized spacial score (nSPS) is 11.7. The second-order valence-corrected chi connectivity index (χ2v) is 6.95. The molecule has 0 heterocycles. The molecule has 2 aromatic carbocycles. The van der Waals surface area contributed by atoms with Crippen molar-refractivity contribution in [2.75, 3.05) is 32.1 Å². The van der Waals surface area contributed by atoms with E-state index in [9.17, 15) is 9.59 Å². The van der Waals surface area contributed by atoms with E-state index in [-0.39, 0.29) is 18.4 Å². The Balaban J connectivity index is 1.82. The summed E-state index contributed by atoms with van der Waals surface area (Å²) < 4.78 is 5.15. The number of para-hydroxylation sites is 1. The number of nitrogens with one attached hydrogen (secondary N) is 2. The maximum absolute atomic E-state index is 12.6. The van der Waals surface area contributed by atoms with Crippen molar-refractivity contribution in [1.82, 2.24) is 10.2 Å². The topological polar surface area (TPSA) is 70.7 Å². The number of amides is 2. The predicted octanol–water partition coefficient (Wildman–Crippen LogP) is 3.09. The van der Waals surface area contributed by atoms with Crippen molar-refractivity contribution in [2.24, 2.45) is 0 Å². The molecule has 0 bridgehead atoms. The fraction of sp³-hybridized carbons (Fsp3) is 0.391. The van der Waals surface area contributed by atoms with E-state index < -0.39 is 6.04 Å². The Morgan fingerprint density at radius 1 is 1.07 bits per heavy atom. The van der Waals surface area contributed by atoms with Crippen molar-refractivity contribution in [3.05, 3.63) is 60.2 Å². The highest BCUT2D eigenvalue weighted by atomic mass is 16.5. The molecule has 0 radical (unpaired) electrons. The number of anilines is 1. The van der Waals surface area contributed by atoms with Gasteiger partial charge in [-0.2, -0.15) is 0 Å². The third kappa shape index (κ3) is 7.58. The van der Waals surface area contributed by atoms with Crippen molar-refractivity contribution >= 4 is 17.5 Å². The molecule has 0 spiro atoms. The number of ether oxygens (including phenoxy) is 1. The maximum Gasteiger partial charge on any atom is 0.241 e. The summed E-state index contributed by atoms with van der Waals surface area (Å²) in [6.45, 7) is 5.29. The minimum atomic E-state index is -0.400. The van der Waals surface area contributed by atoms with Crippen molar-refractivity contribution in [1.29, 1.82) is 0 Å². The van der Waals surface area contributed by atoms with Crippen LogP contribution in [-0.4, -0.2) is 49.5 Å². The molecule has 2 amide bonds. The molecular formula is C23H31N3O3. The van der Waals surface area contributed by atoms with Gasteiger partial charge in [-0.3, -0.25) is 14.5 Å². The zero-order chi connectivity index (χ0) is 21.1. The van der Waals surface area contributed by atoms with Gasteiger partial charge in [-0.15, -0.1) is 0 Å². The first-order chi connectivity index (χ1) is 14.0. The Morgan fingerprint density at radius 3 is 2.38 bits per heavy atom. The molecule has 29 heavy (non-hydrogen) atoms. The molecule has 0 aliphatic heterocycles. The third-order valence-electron chi connectivity index (χ3n) is 4.72. The third-order valence-corrected chi connectivity index (χ3v) is 4.72. The SMILES string of the molecule is CCCN(CC(=O)NCCc1ccc(OC)cc1)C(C)C(=O)Nc1ccccc1. The van der Waals surface area contributed by atoms with Gasteiger partial charge in [0, 0.05) is 12.2 Å². The number of hydrogen-bond acceptors (Lipinski definition) is 4. The summed E-state index contributed by atoms with van der Waals surface area (Å²) in [4.78, 5) is 26.9. The number of benzene rings is 2. The van der Waals surface area contributed by atoms with Crippen LogP contribution >= 0.6 is 0 Å². The molecule has 1 atom stereocenters. The Hall–Kier alpha value is -2.86. The summed E-state index contributed by atoms with van der Waals surface area (Å²) in [5, 5.41) is 5.85. The molecule has 2 aromatic rings. The molecule has 1 unspecified atom stereocenters. The van der Waals surface area contributed by atoms with Gasteiger partial charge in [-0.25, -0.2) is 0 Å². The van der Waals surface area contributed by atoms with Gasteiger partial charge < -0.3 is 15.4 Å². The first-order valence-electron chi connectivity index (χ1n) is 10.0. The van der Waals surface area contributed by atoms with E-state index in [1.54, 1.807) is 7.11 Å². The van der Waals surface area contributed by atoms with Crippen LogP contribution in [0.3, 0.4) is 0 Å². The second-order valence-electron chi connectivity index (χ2n) is 6.95. The minimum Gasteiger partial charge on any atom is -0.497 e. The Bertz CT molecular complexity index is 763. The summed E-state index contributed by atoms with van der Waals surface area (Å²) in [7, 11) is 1.64. The van der Waals surface area contributed by atoms with E-state index >= 15 is 0 Å². The molecule has 6 heteroatoms. The number of nitrogens with zero attached hydrogens (tertiary/aromatic N) is 1. The molecular weight excluding hydrogens is 366 g/mol. The summed E-state index contributed by atoms with van der Waals surface area (Å²) in [5.74, 6) is 0.623. The lowest BCUT2D eigenvalue weighted by Gasteiger charge is -2.27. The fourth-order valence-electron chi connectivity index (χ4n) is 3.01. The van der Waals surface area contributed by atoms with E-state index in [0.717, 1.165) is 29.8 Å². The van der Waals surface area contributed by atoms with E-state index in [0.29, 0.717) is 13.1 Å². The monoisotopic (exact) mass is 397 g/mol. The smallest absolute Gasteiger partial charge is 0.241 e. The van der Waals surface area contributed by atoms with Crippen LogP contribution in [0.2, 0.25) is 0 Å². The van der Waals surface area contributed by atoms with Crippen LogP contribution in [0.4, 0.5) is 5.69 Å². The van der Waals surface area contributed by atoms with Crippen molar-refractivity contribution in [3.8, 4) is 5.75 Å². The molecule has 0 aromatic heterocycles. The van der Waals surface area contributed by atoms with Gasteiger partial charge in [0.25, 0.3) is 0 Å². The minimum absolute atomic E-state index is 0.0775. The summed E-state index contributed by atoms with van der Waals surface area (Å²) >= 11 is 0. The van der Waals surface area contributed by atoms with Gasteiger partial charge in [0.2, 0.25) is 11.8 Å². The maximum atomic E-state index is 12.6. The number of carbonyl (C=O) groups is 2. The molecule has 156 valence electrons. The highest BCUT2D eigenvalue weighted by Gasteiger charge is 2.22. The van der Waals surface area contributed by atoms with E-state index in [4.69, 9.17) is 4.74 Å². The Labute approximate surface area is 173 Å². The molecule has 2 N–H and O–H groups in total. The van der Waals surface area contributed by atoms with Crippen molar-refractivity contribution in [2.45, 2.75) is 32.7 Å². The number of carbonyl (C=O) groups excluding carboxylic acids is 2. The number of methoxy groups -OCH3 is 1. The van der Waals surface area contributed by atoms with Crippen LogP contribution in [0, 0.1) is 0 Å². The van der Waals surface area contributed by atoms with Gasteiger partial charge in [-0.1, -0.05) is 37.3 Å². The van der Waals surface area contributed by atoms with Gasteiger partial charge in [0.15, 0.2) is 0 Å². The summed E-state index contributed by atoms with van der Waals surface area (Å²) in [6.07, 6.45) is 1.61. The highest BCUT2D eigenvalue weighted by molar-refractivity contribution is 5.94. The van der Waals surface area contributed by atoms with Crippen LogP contribution in [0.5, 0.6) is 5.75 Å². The van der Waals surface area contributed by atoms with Gasteiger partial charge >= 0.3 is 0 Å². The van der Waals surface area contributed by atoms with Crippen LogP contribution in [0.1, 0.15) is 25.8 Å². The first kappa shape index (κ1) is 22.4. The predicted molar refractivity (Wildman–Crippen MR) is 116 cm³/mol. The second kappa shape index (κ2) is 11.9. The zero-order valence-corrected chi connectivity index (χ0v) is 17.5. The highest BCUT2D eigenvalue weighted by Crippen LogP contribution is 2.11. The van der Waals surface area contributed by atoms with Crippen molar-refractivity contribution in [3.63, 3.8) is 0 Å². The lowest BCUT2D eigenvalue weighted by molar-refractivity contribution is -0.125. The Morgan fingerprint density at radius 2 is 1.76 bits per heavy atom. The van der Waals surface area contributed by atoms with E-state index in [1.165, 1.54) is 0 Å². The van der Waals surface area contributed by atoms with Crippen LogP contribution in [0.15, 0.2) is 54.6 Å². The molecule has 6 nitrogen and oxygen atoms in total. The lowest BCUT2D eigenvalue weighted by Crippen LogP contribution is -2.47. The molecule has 0 saturated carbocycles. The van der Waals surface area contributed by atoms with Gasteiger partial charge in [0.1, 0.15) is 5.75 Å². The number of hydrogen-bond donors (Lipinski definition) is 2. The van der Waals surface area contributed by atoms with Crippen LogP contribution in [-0.2, 0) is 16.0 Å². The first-order valence-corrected chi connectivity index (χ1v) is 10.0. The van der Waals surface area contributed by atoms with Crippen LogP contribution < -0.4 is 15.4 Å². The molecule has 0 saturated heterocycles. The average molecular weight is 398 g/mol. The summed E-state index contributed by atoms with van der Waals surface area (Å²) in [5.41, 5.74) is 1.89. The average Bonchev–Trinajstić information content (AvgIpc) is 2.74. The summed E-state index contributed by atoms with van der Waals surface area (Å²) in [6, 6.07) is 16.7. The molecule has 0 fully saturated rings. The fourth-order valence-corrected chi connectivity index (χ4v) is 3.01. The number of rotatable bonds is 11. The molecule has 2 rings (SSSR count). The zero-order valence-electron chi connectivity index (χ0n) is 17.5. The Kier molecular flexibility index (Phi) is 9.18. The van der Waals surface area contributed by atoms with E-state index in [2.05, 4.69) is 10.6 Å². The standard InChI is InChI=1S/C23H31N3O3/c1-4-16-26(18(2)23(28)25-20-8-6-5-7-9-20)17-22(27)24-15-14-19-10-12-21(29-3)13-11-19/h5-13,18H,4,14-17H2,1-3H3,(H,24,27)(H,25,28). The molecule has 0 aliphatic carbocycles. The van der Waals surface area contributed by atoms with E-state index in [1.807, 2.05) is 73.3 Å².